The predicted octanol–water partition coefficient (Wildman–Crippen LogP) is 7.58. The zero-order valence-electron chi connectivity index (χ0n) is 37.9. The molecule has 0 aliphatic heterocycles. The average Bonchev–Trinajstić information content (AvgIpc) is 3.27. The van der Waals surface area contributed by atoms with Gasteiger partial charge in [-0.3, -0.25) is 20.2 Å². The molecule has 0 saturated heterocycles. The van der Waals surface area contributed by atoms with Gasteiger partial charge in [0.1, 0.15) is 5.69 Å². The van der Waals surface area contributed by atoms with Crippen LogP contribution in [0.1, 0.15) is 96.8 Å². The summed E-state index contributed by atoms with van der Waals surface area (Å²) in [7, 11) is 0. The van der Waals surface area contributed by atoms with Crippen LogP contribution in [0.4, 0.5) is 17.1 Å². The van der Waals surface area contributed by atoms with Crippen LogP contribution >= 0.6 is 0 Å². The van der Waals surface area contributed by atoms with Gasteiger partial charge in [-0.2, -0.15) is 0 Å². The summed E-state index contributed by atoms with van der Waals surface area (Å²) < 4.78 is 60.7. The lowest BCUT2D eigenvalue weighted by Gasteiger charge is -2.09. The quantitative estimate of drug-likeness (QED) is 0.0381. The third-order valence-electron chi connectivity index (χ3n) is 9.31. The van der Waals surface area contributed by atoms with Crippen LogP contribution in [0.25, 0.3) is 0 Å². The van der Waals surface area contributed by atoms with Gasteiger partial charge in [-0.1, -0.05) is 90.4 Å². The number of unbranched alkanes of at least 4 members (excludes halogenated alkanes) is 13. The van der Waals surface area contributed by atoms with Crippen molar-refractivity contribution in [1.82, 2.24) is 0 Å². The summed E-state index contributed by atoms with van der Waals surface area (Å²) in [5, 5.41) is 24.9. The van der Waals surface area contributed by atoms with Gasteiger partial charge < -0.3 is 57.4 Å². The van der Waals surface area contributed by atoms with Crippen LogP contribution in [0.15, 0.2) is 18.2 Å². The van der Waals surface area contributed by atoms with Gasteiger partial charge in [-0.15, -0.1) is 0 Å². The second-order valence-electron chi connectivity index (χ2n) is 14.5. The number of nitro groups is 2. The van der Waals surface area contributed by atoms with E-state index < -0.39 is 9.85 Å². The normalized spacial score (nSPS) is 11.4. The Labute approximate surface area is 370 Å². The molecule has 0 radical (unpaired) electrons. The van der Waals surface area contributed by atoms with Gasteiger partial charge in [-0.25, -0.2) is 0 Å². The predicted molar refractivity (Wildman–Crippen MR) is 238 cm³/mol. The number of nitrogens with one attached hydrogen (secondary N) is 1. The molecule has 1 aromatic carbocycles. The molecule has 1 aromatic rings. The van der Waals surface area contributed by atoms with Gasteiger partial charge in [0.15, 0.2) is 0 Å². The van der Waals surface area contributed by atoms with E-state index in [0.29, 0.717) is 139 Å². The van der Waals surface area contributed by atoms with Crippen LogP contribution in [0.5, 0.6) is 0 Å². The fourth-order valence-electron chi connectivity index (χ4n) is 5.89. The van der Waals surface area contributed by atoms with Crippen molar-refractivity contribution in [3.63, 3.8) is 0 Å². The van der Waals surface area contributed by atoms with Crippen molar-refractivity contribution < 1.29 is 62.0 Å². The van der Waals surface area contributed by atoms with Gasteiger partial charge >= 0.3 is 0 Å². The summed E-state index contributed by atoms with van der Waals surface area (Å²) in [6.45, 7) is 13.3. The zero-order chi connectivity index (χ0) is 44.7. The van der Waals surface area contributed by atoms with E-state index in [1.54, 1.807) is 0 Å². The molecule has 1 N–H and O–H groups in total. The number of anilines is 1. The molecule has 1 rings (SSSR count). The fourth-order valence-corrected chi connectivity index (χ4v) is 5.89. The largest absolute Gasteiger partial charge is 0.379 e. The van der Waals surface area contributed by atoms with Crippen LogP contribution in [0, 0.1) is 20.2 Å². The van der Waals surface area contributed by atoms with E-state index in [1.165, 1.54) is 95.6 Å². The number of benzene rings is 1. The number of rotatable bonds is 51. The van der Waals surface area contributed by atoms with E-state index >= 15 is 0 Å². The number of hydrogen-bond acceptors (Lipinski definition) is 16. The first-order valence-corrected chi connectivity index (χ1v) is 23.1. The summed E-state index contributed by atoms with van der Waals surface area (Å²) in [6, 6.07) is 3.44. The van der Waals surface area contributed by atoms with Crippen molar-refractivity contribution in [3.05, 3.63) is 38.4 Å². The molecule has 0 unspecified atom stereocenters. The summed E-state index contributed by atoms with van der Waals surface area (Å²) in [4.78, 5) is 20.7. The second-order valence-corrected chi connectivity index (χ2v) is 14.5. The number of hydrogen-bond donors (Lipinski definition) is 1. The Kier molecular flexibility index (Phi) is 42.9. The van der Waals surface area contributed by atoms with Gasteiger partial charge in [0.05, 0.1) is 155 Å². The Morgan fingerprint density at radius 3 is 0.984 bits per heavy atom. The van der Waals surface area contributed by atoms with Gasteiger partial charge in [0.2, 0.25) is 0 Å². The van der Waals surface area contributed by atoms with Crippen LogP contribution in [-0.2, 0) is 52.1 Å². The molecule has 0 heterocycles. The average molecular weight is 892 g/mol. The van der Waals surface area contributed by atoms with Gasteiger partial charge in [0, 0.05) is 19.2 Å². The first-order valence-electron chi connectivity index (χ1n) is 23.1. The third-order valence-corrected chi connectivity index (χ3v) is 9.31. The summed E-state index contributed by atoms with van der Waals surface area (Å²) in [5.74, 6) is 0. The van der Waals surface area contributed by atoms with Crippen molar-refractivity contribution in [2.75, 3.05) is 157 Å². The van der Waals surface area contributed by atoms with Crippen molar-refractivity contribution in [3.8, 4) is 0 Å². The van der Waals surface area contributed by atoms with Crippen LogP contribution in [0.2, 0.25) is 0 Å². The Morgan fingerprint density at radius 1 is 0.387 bits per heavy atom. The lowest BCUT2D eigenvalue weighted by Crippen LogP contribution is -2.16. The molecule has 362 valence electrons. The molecule has 0 aliphatic rings. The minimum atomic E-state index is -0.678. The fraction of sp³-hybridized carbons (Fsp3) is 0.864. The monoisotopic (exact) mass is 892 g/mol. The van der Waals surface area contributed by atoms with Crippen molar-refractivity contribution in [2.45, 2.75) is 96.8 Å². The molecule has 0 saturated carbocycles. The van der Waals surface area contributed by atoms with E-state index in [9.17, 15) is 20.2 Å². The highest BCUT2D eigenvalue weighted by molar-refractivity contribution is 5.65. The molecule has 0 amide bonds. The topological polar surface area (TPSA) is 200 Å². The third kappa shape index (κ3) is 39.0. The molecule has 18 heteroatoms. The SMILES string of the molecule is CCCCCCCCCCCCCCCCOCCOCCOCCOCCOCCOCCOCCOCCOCCOCCOCCNc1ccc([N+](=O)[O-])cc1[N+](=O)[O-]. The highest BCUT2D eigenvalue weighted by atomic mass is 16.6. The number of nitrogens with zero attached hydrogens (tertiary/aromatic N) is 2. The maximum Gasteiger partial charge on any atom is 0.299 e. The van der Waals surface area contributed by atoms with E-state index in [2.05, 4.69) is 12.2 Å². The molecule has 0 fully saturated rings. The molecule has 0 spiro atoms. The summed E-state index contributed by atoms with van der Waals surface area (Å²) in [6.07, 6.45) is 19.1. The molecular weight excluding hydrogens is 810 g/mol. The molecular formula is C44H81N3O15. The highest BCUT2D eigenvalue weighted by Gasteiger charge is 2.19. The van der Waals surface area contributed by atoms with E-state index in [1.807, 2.05) is 0 Å². The molecule has 62 heavy (non-hydrogen) atoms. The molecule has 0 atom stereocenters. The molecule has 0 bridgehead atoms. The molecule has 0 aromatic heterocycles. The van der Waals surface area contributed by atoms with Crippen molar-refractivity contribution in [1.29, 1.82) is 0 Å². The van der Waals surface area contributed by atoms with Gasteiger partial charge in [-0.05, 0) is 12.5 Å². The maximum atomic E-state index is 11.2. The Balaban J connectivity index is 1.66. The lowest BCUT2D eigenvalue weighted by atomic mass is 10.0. The van der Waals surface area contributed by atoms with Crippen LogP contribution in [0.3, 0.4) is 0 Å². The standard InChI is InChI=1S/C44H81N3O15/c1-2-3-4-5-6-7-8-9-10-11-12-13-14-15-19-52-21-23-54-25-27-56-29-31-58-33-35-60-37-39-62-40-38-61-36-34-59-32-30-57-28-26-55-24-22-53-20-18-45-43-17-16-42(46(48)49)41-44(43)47(50)51/h16-17,41,45H,2-15,18-40H2,1H3. The number of non-ortho nitro benzene ring substituents is 1. The Bertz CT molecular complexity index is 1140. The van der Waals surface area contributed by atoms with Crippen molar-refractivity contribution in [2.24, 2.45) is 0 Å². The first-order chi connectivity index (χ1) is 30.6. The number of ether oxygens (including phenoxy) is 11. The maximum absolute atomic E-state index is 11.2. The van der Waals surface area contributed by atoms with Crippen LogP contribution < -0.4 is 5.32 Å². The van der Waals surface area contributed by atoms with Crippen LogP contribution in [-0.4, -0.2) is 162 Å². The second kappa shape index (κ2) is 46.4. The first kappa shape index (κ1) is 57.4. The lowest BCUT2D eigenvalue weighted by molar-refractivity contribution is -0.393. The minimum Gasteiger partial charge on any atom is -0.379 e. The van der Waals surface area contributed by atoms with E-state index in [0.717, 1.165) is 19.1 Å². The molecule has 0 aliphatic carbocycles. The Morgan fingerprint density at radius 2 is 0.677 bits per heavy atom. The summed E-state index contributed by atoms with van der Waals surface area (Å²) >= 11 is 0. The number of nitro benzene ring substituents is 2. The zero-order valence-corrected chi connectivity index (χ0v) is 37.9. The van der Waals surface area contributed by atoms with Crippen molar-refractivity contribution >= 4 is 17.1 Å². The summed E-state index contributed by atoms with van der Waals surface area (Å²) in [5.41, 5.74) is -0.521. The highest BCUT2D eigenvalue weighted by Crippen LogP contribution is 2.28. The van der Waals surface area contributed by atoms with Gasteiger partial charge in [0.25, 0.3) is 11.4 Å². The molecule has 18 nitrogen and oxygen atoms in total. The van der Waals surface area contributed by atoms with E-state index in [4.69, 9.17) is 52.1 Å². The smallest absolute Gasteiger partial charge is 0.299 e. The Hall–Kier alpha value is -2.62. The minimum absolute atomic E-state index is 0.187. The van der Waals surface area contributed by atoms with E-state index in [-0.39, 0.29) is 23.7 Å².